The van der Waals surface area contributed by atoms with Crippen LogP contribution in [-0.4, -0.2) is 25.4 Å². The second-order valence-electron chi connectivity index (χ2n) is 7.19. The predicted molar refractivity (Wildman–Crippen MR) is 100 cm³/mol. The number of nitrogens with zero attached hydrogens (tertiary/aromatic N) is 3. The lowest BCUT2D eigenvalue weighted by Gasteiger charge is -2.27. The highest BCUT2D eigenvalue weighted by molar-refractivity contribution is 6.30. The van der Waals surface area contributed by atoms with Crippen LogP contribution in [0.2, 0.25) is 5.02 Å². The summed E-state index contributed by atoms with van der Waals surface area (Å²) >= 11 is 5.93. The number of imidazole rings is 1. The van der Waals surface area contributed by atoms with E-state index in [0.29, 0.717) is 41.6 Å². The summed E-state index contributed by atoms with van der Waals surface area (Å²) in [5, 5.41) is 0.619. The SMILES string of the molecule is Cn1c(-c2ccc(Cl)cc2)nc2c(=O)[nH]c(CC3CCC(F)(F)CC3)nc21. The van der Waals surface area contributed by atoms with Crippen LogP contribution in [0.4, 0.5) is 8.78 Å². The van der Waals surface area contributed by atoms with Crippen LogP contribution < -0.4 is 5.56 Å². The van der Waals surface area contributed by atoms with Gasteiger partial charge >= 0.3 is 0 Å². The number of hydrogen-bond donors (Lipinski definition) is 1. The minimum atomic E-state index is -2.56. The van der Waals surface area contributed by atoms with Gasteiger partial charge in [0.05, 0.1) is 0 Å². The number of aryl methyl sites for hydroxylation is 1. The molecular weight excluding hydrogens is 374 g/mol. The highest BCUT2D eigenvalue weighted by atomic mass is 35.5. The van der Waals surface area contributed by atoms with Gasteiger partial charge in [-0.05, 0) is 43.0 Å². The van der Waals surface area contributed by atoms with E-state index in [0.717, 1.165) is 5.56 Å². The summed E-state index contributed by atoms with van der Waals surface area (Å²) in [6.45, 7) is 0. The van der Waals surface area contributed by atoms with Gasteiger partial charge in [0, 0.05) is 36.9 Å². The number of benzene rings is 1. The van der Waals surface area contributed by atoms with Gasteiger partial charge in [-0.15, -0.1) is 0 Å². The number of fused-ring (bicyclic) bond motifs is 1. The standard InChI is InChI=1S/C19H19ClF2N4O/c1-26-16(12-2-4-13(20)5-3-12)25-15-17(26)23-14(24-18(15)27)10-11-6-8-19(21,22)9-7-11/h2-5,11H,6-10H2,1H3,(H,23,24,27). The van der Waals surface area contributed by atoms with Gasteiger partial charge < -0.3 is 9.55 Å². The first-order valence-corrected chi connectivity index (χ1v) is 9.29. The van der Waals surface area contributed by atoms with Crippen LogP contribution >= 0.6 is 11.6 Å². The number of hydrogen-bond acceptors (Lipinski definition) is 3. The molecule has 1 N–H and O–H groups in total. The van der Waals surface area contributed by atoms with Crippen LogP contribution in [0.3, 0.4) is 0 Å². The maximum atomic E-state index is 13.3. The summed E-state index contributed by atoms with van der Waals surface area (Å²) in [5.74, 6) is -1.31. The molecule has 0 unspecified atom stereocenters. The number of H-pyrrole nitrogens is 1. The van der Waals surface area contributed by atoms with Crippen molar-refractivity contribution in [2.75, 3.05) is 0 Å². The Balaban J connectivity index is 1.66. The lowest BCUT2D eigenvalue weighted by molar-refractivity contribution is -0.0458. The molecule has 0 radical (unpaired) electrons. The van der Waals surface area contributed by atoms with Crippen molar-refractivity contribution < 1.29 is 8.78 Å². The molecule has 1 fully saturated rings. The maximum Gasteiger partial charge on any atom is 0.279 e. The Morgan fingerprint density at radius 2 is 1.89 bits per heavy atom. The zero-order valence-corrected chi connectivity index (χ0v) is 15.6. The van der Waals surface area contributed by atoms with Crippen LogP contribution in [0.1, 0.15) is 31.5 Å². The largest absolute Gasteiger partial charge is 0.312 e. The summed E-state index contributed by atoms with van der Waals surface area (Å²) in [6, 6.07) is 7.19. The highest BCUT2D eigenvalue weighted by Gasteiger charge is 2.35. The molecule has 1 aromatic carbocycles. The molecule has 0 saturated heterocycles. The summed E-state index contributed by atoms with van der Waals surface area (Å²) in [5.41, 5.74) is 1.27. The fourth-order valence-corrected chi connectivity index (χ4v) is 3.77. The zero-order chi connectivity index (χ0) is 19.2. The van der Waals surface area contributed by atoms with Gasteiger partial charge in [0.2, 0.25) is 5.92 Å². The summed E-state index contributed by atoms with van der Waals surface area (Å²) in [4.78, 5) is 24.2. The van der Waals surface area contributed by atoms with Gasteiger partial charge in [0.1, 0.15) is 11.6 Å². The van der Waals surface area contributed by atoms with Crippen LogP contribution in [-0.2, 0) is 13.5 Å². The molecule has 0 atom stereocenters. The molecule has 142 valence electrons. The molecule has 2 heterocycles. The van der Waals surface area contributed by atoms with Crippen molar-refractivity contribution in [3.8, 4) is 11.4 Å². The first-order valence-electron chi connectivity index (χ1n) is 8.92. The predicted octanol–water partition coefficient (Wildman–Crippen LogP) is 4.35. The Bertz CT molecular complexity index is 1030. The normalized spacial score (nSPS) is 17.5. The molecule has 1 aliphatic rings. The molecular formula is C19H19ClF2N4O. The molecule has 1 saturated carbocycles. The summed E-state index contributed by atoms with van der Waals surface area (Å²) < 4.78 is 28.4. The average Bonchev–Trinajstić information content (AvgIpc) is 2.95. The third kappa shape index (κ3) is 3.60. The second kappa shape index (κ2) is 6.71. The van der Waals surface area contributed by atoms with E-state index in [2.05, 4.69) is 15.0 Å². The molecule has 3 aromatic rings. The quantitative estimate of drug-likeness (QED) is 0.721. The van der Waals surface area contributed by atoms with E-state index in [1.165, 1.54) is 0 Å². The number of aromatic amines is 1. The molecule has 4 rings (SSSR count). The Morgan fingerprint density at radius 3 is 2.56 bits per heavy atom. The molecule has 0 spiro atoms. The van der Waals surface area contributed by atoms with Gasteiger partial charge in [-0.2, -0.15) is 0 Å². The number of rotatable bonds is 3. The van der Waals surface area contributed by atoms with E-state index < -0.39 is 5.92 Å². The lowest BCUT2D eigenvalue weighted by Crippen LogP contribution is -2.26. The molecule has 1 aliphatic carbocycles. The van der Waals surface area contributed by atoms with E-state index in [1.807, 2.05) is 12.1 Å². The van der Waals surface area contributed by atoms with E-state index in [9.17, 15) is 13.6 Å². The molecule has 8 heteroatoms. The summed E-state index contributed by atoms with van der Waals surface area (Å²) in [6.07, 6.45) is 1.17. The van der Waals surface area contributed by atoms with Crippen molar-refractivity contribution >= 4 is 22.8 Å². The topological polar surface area (TPSA) is 63.6 Å². The van der Waals surface area contributed by atoms with Gasteiger partial charge in [-0.3, -0.25) is 4.79 Å². The third-order valence-corrected chi connectivity index (χ3v) is 5.45. The van der Waals surface area contributed by atoms with Crippen molar-refractivity contribution in [3.05, 3.63) is 45.5 Å². The van der Waals surface area contributed by atoms with Crippen molar-refractivity contribution in [1.82, 2.24) is 19.5 Å². The monoisotopic (exact) mass is 392 g/mol. The number of aromatic nitrogens is 4. The molecule has 0 aliphatic heterocycles. The van der Waals surface area contributed by atoms with Crippen LogP contribution in [0, 0.1) is 5.92 Å². The van der Waals surface area contributed by atoms with Gasteiger partial charge in [0.25, 0.3) is 5.56 Å². The Morgan fingerprint density at radius 1 is 1.22 bits per heavy atom. The number of alkyl halides is 2. The molecule has 2 aromatic heterocycles. The third-order valence-electron chi connectivity index (χ3n) is 5.20. The molecule has 0 bridgehead atoms. The molecule has 5 nitrogen and oxygen atoms in total. The Labute approximate surface area is 159 Å². The van der Waals surface area contributed by atoms with Crippen molar-refractivity contribution in [2.45, 2.75) is 38.0 Å². The first kappa shape index (κ1) is 18.1. The minimum Gasteiger partial charge on any atom is -0.312 e. The maximum absolute atomic E-state index is 13.3. The minimum absolute atomic E-state index is 0.101. The van der Waals surface area contributed by atoms with Crippen molar-refractivity contribution in [3.63, 3.8) is 0 Å². The summed E-state index contributed by atoms with van der Waals surface area (Å²) in [7, 11) is 1.80. The van der Waals surface area contributed by atoms with Gasteiger partial charge in [-0.1, -0.05) is 11.6 Å². The Hall–Kier alpha value is -2.28. The number of nitrogens with one attached hydrogen (secondary N) is 1. The highest BCUT2D eigenvalue weighted by Crippen LogP contribution is 2.37. The smallest absolute Gasteiger partial charge is 0.279 e. The zero-order valence-electron chi connectivity index (χ0n) is 14.8. The number of halogens is 3. The van der Waals surface area contributed by atoms with E-state index in [4.69, 9.17) is 11.6 Å². The van der Waals surface area contributed by atoms with E-state index >= 15 is 0 Å². The fraction of sp³-hybridized carbons (Fsp3) is 0.421. The van der Waals surface area contributed by atoms with E-state index in [1.54, 1.807) is 23.7 Å². The Kier molecular flexibility index (Phi) is 4.50. The van der Waals surface area contributed by atoms with Crippen molar-refractivity contribution in [2.24, 2.45) is 13.0 Å². The molecule has 27 heavy (non-hydrogen) atoms. The first-order chi connectivity index (χ1) is 12.8. The van der Waals surface area contributed by atoms with Crippen LogP contribution in [0.25, 0.3) is 22.6 Å². The van der Waals surface area contributed by atoms with Gasteiger partial charge in [-0.25, -0.2) is 18.7 Å². The van der Waals surface area contributed by atoms with E-state index in [-0.39, 0.29) is 29.8 Å². The average molecular weight is 393 g/mol. The van der Waals surface area contributed by atoms with Crippen LogP contribution in [0.5, 0.6) is 0 Å². The van der Waals surface area contributed by atoms with Crippen molar-refractivity contribution in [1.29, 1.82) is 0 Å². The fourth-order valence-electron chi connectivity index (χ4n) is 3.65. The second-order valence-corrected chi connectivity index (χ2v) is 7.63. The van der Waals surface area contributed by atoms with Crippen LogP contribution in [0.15, 0.2) is 29.1 Å². The lowest BCUT2D eigenvalue weighted by atomic mass is 9.84. The van der Waals surface area contributed by atoms with Gasteiger partial charge in [0.15, 0.2) is 11.2 Å². The molecule has 0 amide bonds.